The van der Waals surface area contributed by atoms with Gasteiger partial charge in [-0.1, -0.05) is 6.08 Å². The molecular weight excluding hydrogens is 347 g/mol. The van der Waals surface area contributed by atoms with Gasteiger partial charge in [-0.2, -0.15) is 13.2 Å². The fourth-order valence-corrected chi connectivity index (χ4v) is 3.17. The van der Waals surface area contributed by atoms with Gasteiger partial charge in [0.15, 0.2) is 5.69 Å². The molecule has 2 heterocycles. The number of carbonyl (C=O) groups is 1. The lowest BCUT2D eigenvalue weighted by molar-refractivity contribution is -0.141. The average molecular weight is 369 g/mol. The molecule has 3 rings (SSSR count). The lowest BCUT2D eigenvalue weighted by Gasteiger charge is -2.35. The number of piperidine rings is 1. The van der Waals surface area contributed by atoms with Gasteiger partial charge in [-0.3, -0.25) is 4.98 Å². The first-order valence-electron chi connectivity index (χ1n) is 8.60. The molecule has 1 aromatic rings. The lowest BCUT2D eigenvalue weighted by Crippen LogP contribution is -2.46. The molecule has 1 aliphatic carbocycles. The maximum atomic E-state index is 12.7. The van der Waals surface area contributed by atoms with Gasteiger partial charge in [0.25, 0.3) is 0 Å². The van der Waals surface area contributed by atoms with E-state index in [1.165, 1.54) is 12.3 Å². The number of carbonyl (C=O) groups excluding carboxylic acids is 1. The Balaban J connectivity index is 1.75. The third-order valence-corrected chi connectivity index (χ3v) is 4.51. The zero-order chi connectivity index (χ0) is 19.1. The van der Waals surface area contributed by atoms with Gasteiger partial charge in [0, 0.05) is 6.54 Å². The van der Waals surface area contributed by atoms with Gasteiger partial charge in [0.2, 0.25) is 0 Å². The monoisotopic (exact) mass is 369 g/mol. The molecule has 0 bridgehead atoms. The SMILES string of the molecule is CC(C)(C)OC(=O)N1C[C@@H]2C[C@@H]2C[C@H]1C=Cc1cncc(C(F)(F)F)n1. The third-order valence-electron chi connectivity index (χ3n) is 4.51. The van der Waals surface area contributed by atoms with Crippen molar-refractivity contribution in [2.75, 3.05) is 6.54 Å². The summed E-state index contributed by atoms with van der Waals surface area (Å²) >= 11 is 0. The Kier molecular flexibility index (Phi) is 4.71. The summed E-state index contributed by atoms with van der Waals surface area (Å²) in [6.45, 7) is 6.02. The fourth-order valence-electron chi connectivity index (χ4n) is 3.17. The van der Waals surface area contributed by atoms with Crippen LogP contribution in [0.25, 0.3) is 6.08 Å². The Morgan fingerprint density at radius 1 is 1.23 bits per heavy atom. The first kappa shape index (κ1) is 18.7. The zero-order valence-electron chi connectivity index (χ0n) is 15.0. The first-order chi connectivity index (χ1) is 12.0. The Morgan fingerprint density at radius 3 is 2.62 bits per heavy atom. The molecule has 1 saturated carbocycles. The second-order valence-electron chi connectivity index (χ2n) is 7.88. The highest BCUT2D eigenvalue weighted by molar-refractivity contribution is 5.69. The van der Waals surface area contributed by atoms with Crippen LogP contribution < -0.4 is 0 Å². The number of ether oxygens (including phenoxy) is 1. The molecule has 26 heavy (non-hydrogen) atoms. The molecule has 0 spiro atoms. The van der Waals surface area contributed by atoms with Crippen molar-refractivity contribution >= 4 is 12.2 Å². The number of amides is 1. The summed E-state index contributed by atoms with van der Waals surface area (Å²) in [7, 11) is 0. The van der Waals surface area contributed by atoms with E-state index in [9.17, 15) is 18.0 Å². The highest BCUT2D eigenvalue weighted by atomic mass is 19.4. The van der Waals surface area contributed by atoms with E-state index >= 15 is 0 Å². The van der Waals surface area contributed by atoms with Crippen LogP contribution in [0.5, 0.6) is 0 Å². The topological polar surface area (TPSA) is 55.3 Å². The number of alkyl halides is 3. The minimum absolute atomic E-state index is 0.113. The van der Waals surface area contributed by atoms with Crippen LogP contribution in [0, 0.1) is 11.8 Å². The molecule has 0 aromatic carbocycles. The first-order valence-corrected chi connectivity index (χ1v) is 8.60. The van der Waals surface area contributed by atoms with E-state index in [4.69, 9.17) is 4.74 Å². The van der Waals surface area contributed by atoms with Gasteiger partial charge < -0.3 is 9.64 Å². The normalized spacial score (nSPS) is 25.9. The molecule has 142 valence electrons. The van der Waals surface area contributed by atoms with Crippen molar-refractivity contribution in [2.24, 2.45) is 11.8 Å². The quantitative estimate of drug-likeness (QED) is 0.786. The van der Waals surface area contributed by atoms with Crippen LogP contribution in [0.1, 0.15) is 45.0 Å². The van der Waals surface area contributed by atoms with Crippen molar-refractivity contribution in [3.05, 3.63) is 29.9 Å². The lowest BCUT2D eigenvalue weighted by atomic mass is 10.0. The van der Waals surface area contributed by atoms with Crippen LogP contribution in [0.2, 0.25) is 0 Å². The molecule has 1 aliphatic heterocycles. The molecule has 0 radical (unpaired) electrons. The summed E-state index contributed by atoms with van der Waals surface area (Å²) in [5, 5.41) is 0. The Morgan fingerprint density at radius 2 is 1.96 bits per heavy atom. The maximum absolute atomic E-state index is 12.7. The maximum Gasteiger partial charge on any atom is 0.434 e. The number of halogens is 3. The number of fused-ring (bicyclic) bond motifs is 1. The molecule has 5 nitrogen and oxygen atoms in total. The summed E-state index contributed by atoms with van der Waals surface area (Å²) in [5.74, 6) is 1.07. The molecule has 1 amide bonds. The second-order valence-corrected chi connectivity index (χ2v) is 7.88. The average Bonchev–Trinajstić information content (AvgIpc) is 3.28. The van der Waals surface area contributed by atoms with Crippen molar-refractivity contribution in [3.63, 3.8) is 0 Å². The summed E-state index contributed by atoms with van der Waals surface area (Å²) < 4.78 is 43.7. The van der Waals surface area contributed by atoms with Crippen LogP contribution in [0.15, 0.2) is 18.5 Å². The van der Waals surface area contributed by atoms with E-state index in [0.29, 0.717) is 24.6 Å². The van der Waals surface area contributed by atoms with Crippen molar-refractivity contribution in [3.8, 4) is 0 Å². The number of likely N-dealkylation sites (tertiary alicyclic amines) is 1. The van der Waals surface area contributed by atoms with Gasteiger partial charge in [0.05, 0.1) is 24.1 Å². The van der Waals surface area contributed by atoms with Gasteiger partial charge in [0.1, 0.15) is 5.60 Å². The van der Waals surface area contributed by atoms with Gasteiger partial charge in [-0.25, -0.2) is 9.78 Å². The molecule has 1 saturated heterocycles. The largest absolute Gasteiger partial charge is 0.444 e. The van der Waals surface area contributed by atoms with Crippen LogP contribution in [-0.4, -0.2) is 39.1 Å². The summed E-state index contributed by atoms with van der Waals surface area (Å²) in [4.78, 5) is 21.3. The number of hydrogen-bond donors (Lipinski definition) is 0. The Bertz CT molecular complexity index is 712. The van der Waals surface area contributed by atoms with Crippen molar-refractivity contribution < 1.29 is 22.7 Å². The number of aromatic nitrogens is 2. The molecule has 0 N–H and O–H groups in total. The van der Waals surface area contributed by atoms with E-state index in [-0.39, 0.29) is 11.7 Å². The molecule has 2 aliphatic rings. The van der Waals surface area contributed by atoms with Gasteiger partial charge in [-0.15, -0.1) is 0 Å². The minimum atomic E-state index is -4.54. The van der Waals surface area contributed by atoms with Crippen LogP contribution in [0.4, 0.5) is 18.0 Å². The van der Waals surface area contributed by atoms with Crippen LogP contribution >= 0.6 is 0 Å². The smallest absolute Gasteiger partial charge is 0.434 e. The van der Waals surface area contributed by atoms with Crippen LogP contribution in [-0.2, 0) is 10.9 Å². The molecule has 1 aromatic heterocycles. The Hall–Kier alpha value is -2.12. The van der Waals surface area contributed by atoms with E-state index in [1.807, 2.05) is 0 Å². The summed E-state index contributed by atoms with van der Waals surface area (Å²) in [6.07, 6.45) is 2.11. The minimum Gasteiger partial charge on any atom is -0.444 e. The van der Waals surface area contributed by atoms with E-state index in [2.05, 4.69) is 9.97 Å². The van der Waals surface area contributed by atoms with Crippen molar-refractivity contribution in [1.29, 1.82) is 0 Å². The predicted octanol–water partition coefficient (Wildman–Crippen LogP) is 4.15. The van der Waals surface area contributed by atoms with Crippen molar-refractivity contribution in [1.82, 2.24) is 14.9 Å². The predicted molar refractivity (Wildman–Crippen MR) is 89.0 cm³/mol. The van der Waals surface area contributed by atoms with Crippen LogP contribution in [0.3, 0.4) is 0 Å². The molecule has 0 unspecified atom stereocenters. The molecule has 3 atom stereocenters. The van der Waals surface area contributed by atoms with E-state index < -0.39 is 23.6 Å². The van der Waals surface area contributed by atoms with Gasteiger partial charge in [-0.05, 0) is 51.5 Å². The Labute approximate surface area is 150 Å². The summed E-state index contributed by atoms with van der Waals surface area (Å²) in [5.41, 5.74) is -1.52. The van der Waals surface area contributed by atoms with E-state index in [1.54, 1.807) is 31.7 Å². The van der Waals surface area contributed by atoms with Crippen molar-refractivity contribution in [2.45, 2.75) is 51.4 Å². The standard InChI is InChI=1S/C18H22F3N3O2/c1-17(2,3)26-16(25)24-10-12-6-11(12)7-14(24)5-4-13-8-22-9-15(23-13)18(19,20)21/h4-5,8-9,11-12,14H,6-7,10H2,1-3H3/t11-,12+,14-/m1/s1. The number of nitrogens with zero attached hydrogens (tertiary/aromatic N) is 3. The molecule has 2 fully saturated rings. The molecular formula is C18H22F3N3O2. The zero-order valence-corrected chi connectivity index (χ0v) is 15.0. The fraction of sp³-hybridized carbons (Fsp3) is 0.611. The van der Waals surface area contributed by atoms with Gasteiger partial charge >= 0.3 is 12.3 Å². The third kappa shape index (κ3) is 4.53. The second kappa shape index (κ2) is 6.55. The summed E-state index contributed by atoms with van der Waals surface area (Å²) in [6, 6.07) is -0.218. The highest BCUT2D eigenvalue weighted by Crippen LogP contribution is 2.47. The number of rotatable bonds is 2. The number of hydrogen-bond acceptors (Lipinski definition) is 4. The molecule has 8 heteroatoms. The van der Waals surface area contributed by atoms with E-state index in [0.717, 1.165) is 12.8 Å². The highest BCUT2D eigenvalue weighted by Gasteiger charge is 2.47.